The minimum absolute atomic E-state index is 0.452. The maximum Gasteiger partial charge on any atom is 0.122 e. The van der Waals surface area contributed by atoms with Crippen molar-refractivity contribution < 1.29 is 4.74 Å². The Bertz CT molecular complexity index is 403. The van der Waals surface area contributed by atoms with Crippen LogP contribution in [0.1, 0.15) is 37.8 Å². The summed E-state index contributed by atoms with van der Waals surface area (Å²) in [6.45, 7) is 7.15. The molecule has 1 aromatic rings. The molecule has 0 aliphatic carbocycles. The van der Waals surface area contributed by atoms with Crippen LogP contribution in [0.2, 0.25) is 0 Å². The van der Waals surface area contributed by atoms with Crippen molar-refractivity contribution in [1.29, 1.82) is 0 Å². The summed E-state index contributed by atoms with van der Waals surface area (Å²) in [5, 5.41) is 0. The predicted octanol–water partition coefficient (Wildman–Crippen LogP) is 3.64. The summed E-state index contributed by atoms with van der Waals surface area (Å²) in [4.78, 5) is 0.589. The van der Waals surface area contributed by atoms with Crippen LogP contribution in [-0.2, 0) is 6.42 Å². The summed E-state index contributed by atoms with van der Waals surface area (Å²) < 4.78 is 5.78. The molecule has 0 saturated carbocycles. The highest BCUT2D eigenvalue weighted by Gasteiger charge is 2.10. The van der Waals surface area contributed by atoms with Crippen LogP contribution in [0.5, 0.6) is 5.75 Å². The van der Waals surface area contributed by atoms with Gasteiger partial charge in [-0.1, -0.05) is 43.8 Å². The van der Waals surface area contributed by atoms with Gasteiger partial charge in [0.1, 0.15) is 5.75 Å². The Kier molecular flexibility index (Phi) is 6.13. The van der Waals surface area contributed by atoms with Crippen LogP contribution in [0, 0.1) is 12.8 Å². The number of thiocarbonyl (C=S) groups is 1. The number of ether oxygens (including phenoxy) is 1. The maximum absolute atomic E-state index is 5.78. The third-order valence-electron chi connectivity index (χ3n) is 2.80. The van der Waals surface area contributed by atoms with Crippen LogP contribution < -0.4 is 10.5 Å². The van der Waals surface area contributed by atoms with E-state index in [-0.39, 0.29) is 0 Å². The second-order valence-electron chi connectivity index (χ2n) is 4.94. The second kappa shape index (κ2) is 7.37. The van der Waals surface area contributed by atoms with E-state index in [1.165, 1.54) is 11.1 Å². The number of hydrogen-bond donors (Lipinski definition) is 1. The summed E-state index contributed by atoms with van der Waals surface area (Å²) in [5.74, 6) is 1.45. The van der Waals surface area contributed by atoms with Crippen molar-refractivity contribution in [3.63, 3.8) is 0 Å². The maximum atomic E-state index is 5.78. The van der Waals surface area contributed by atoms with Crippen molar-refractivity contribution in [3.05, 3.63) is 29.3 Å². The van der Waals surface area contributed by atoms with E-state index < -0.39 is 0 Å². The van der Waals surface area contributed by atoms with Gasteiger partial charge in [0.2, 0.25) is 0 Å². The van der Waals surface area contributed by atoms with E-state index >= 15 is 0 Å². The second-order valence-corrected chi connectivity index (χ2v) is 5.46. The van der Waals surface area contributed by atoms with E-state index in [9.17, 15) is 0 Å². The molecule has 0 fully saturated rings. The minimum atomic E-state index is 0.452. The molecule has 0 spiro atoms. The molecule has 0 amide bonds. The van der Waals surface area contributed by atoms with E-state index in [0.717, 1.165) is 31.6 Å². The fourth-order valence-corrected chi connectivity index (χ4v) is 2.30. The van der Waals surface area contributed by atoms with Crippen LogP contribution >= 0.6 is 12.2 Å². The lowest BCUT2D eigenvalue weighted by Gasteiger charge is -2.15. The molecular weight excluding hydrogens is 242 g/mol. The molecule has 0 aromatic heterocycles. The predicted molar refractivity (Wildman–Crippen MR) is 81.2 cm³/mol. The molecule has 1 atom stereocenters. The van der Waals surface area contributed by atoms with Gasteiger partial charge in [-0.2, -0.15) is 0 Å². The molecule has 0 saturated heterocycles. The fourth-order valence-electron chi connectivity index (χ4n) is 2.01. The molecule has 0 radical (unpaired) electrons. The highest BCUT2D eigenvalue weighted by molar-refractivity contribution is 7.80. The van der Waals surface area contributed by atoms with Gasteiger partial charge < -0.3 is 10.5 Å². The Morgan fingerprint density at radius 2 is 2.17 bits per heavy atom. The molecule has 1 aromatic carbocycles. The van der Waals surface area contributed by atoms with Gasteiger partial charge in [-0.25, -0.2) is 0 Å². The quantitative estimate of drug-likeness (QED) is 0.764. The zero-order chi connectivity index (χ0) is 13.5. The van der Waals surface area contributed by atoms with Gasteiger partial charge in [-0.15, -0.1) is 0 Å². The molecule has 2 N–H and O–H groups in total. The first-order valence-corrected chi connectivity index (χ1v) is 6.94. The van der Waals surface area contributed by atoms with Crippen molar-refractivity contribution in [2.75, 3.05) is 6.61 Å². The molecule has 2 nitrogen and oxygen atoms in total. The molecule has 3 heteroatoms. The van der Waals surface area contributed by atoms with E-state index in [1.807, 2.05) is 0 Å². The first-order chi connectivity index (χ1) is 8.52. The molecule has 0 bridgehead atoms. The average Bonchev–Trinajstić information content (AvgIpc) is 2.26. The number of aryl methyl sites for hydroxylation is 1. The van der Waals surface area contributed by atoms with Crippen LogP contribution in [0.4, 0.5) is 0 Å². The Labute approximate surface area is 116 Å². The van der Waals surface area contributed by atoms with Gasteiger partial charge in [0.25, 0.3) is 0 Å². The van der Waals surface area contributed by atoms with E-state index in [4.69, 9.17) is 22.7 Å². The normalized spacial score (nSPS) is 12.2. The van der Waals surface area contributed by atoms with Crippen LogP contribution in [0.25, 0.3) is 0 Å². The van der Waals surface area contributed by atoms with Crippen LogP contribution in [0.15, 0.2) is 18.2 Å². The fraction of sp³-hybridized carbons (Fsp3) is 0.533. The molecule has 0 heterocycles. The Morgan fingerprint density at radius 1 is 1.44 bits per heavy atom. The van der Waals surface area contributed by atoms with Gasteiger partial charge in [0, 0.05) is 6.42 Å². The number of nitrogens with two attached hydrogens (primary N) is 1. The monoisotopic (exact) mass is 265 g/mol. The summed E-state index contributed by atoms with van der Waals surface area (Å²) in [7, 11) is 0. The molecule has 18 heavy (non-hydrogen) atoms. The Balaban J connectivity index is 2.77. The molecule has 1 unspecified atom stereocenters. The number of benzene rings is 1. The third kappa shape index (κ3) is 5.05. The van der Waals surface area contributed by atoms with E-state index in [2.05, 4.69) is 39.0 Å². The third-order valence-corrected chi connectivity index (χ3v) is 2.96. The van der Waals surface area contributed by atoms with E-state index in [1.54, 1.807) is 0 Å². The minimum Gasteiger partial charge on any atom is -0.493 e. The lowest BCUT2D eigenvalue weighted by atomic mass is 9.96. The SMILES string of the molecule is CCCOc1ccc(C)cc1CC(C)CC(N)=S. The average molecular weight is 265 g/mol. The molecule has 100 valence electrons. The van der Waals surface area contributed by atoms with Crippen LogP contribution in [0.3, 0.4) is 0 Å². The van der Waals surface area contributed by atoms with Crippen molar-refractivity contribution in [1.82, 2.24) is 0 Å². The summed E-state index contributed by atoms with van der Waals surface area (Å²) in [5.41, 5.74) is 8.11. The first-order valence-electron chi connectivity index (χ1n) is 6.53. The van der Waals surface area contributed by atoms with Crippen molar-refractivity contribution in [2.45, 2.75) is 40.0 Å². The summed E-state index contributed by atoms with van der Waals surface area (Å²) in [6.07, 6.45) is 2.77. The van der Waals surface area contributed by atoms with Gasteiger partial charge in [0.15, 0.2) is 0 Å². The molecule has 0 aliphatic rings. The largest absolute Gasteiger partial charge is 0.493 e. The summed E-state index contributed by atoms with van der Waals surface area (Å²) in [6, 6.07) is 6.35. The highest BCUT2D eigenvalue weighted by Crippen LogP contribution is 2.24. The highest BCUT2D eigenvalue weighted by atomic mass is 32.1. The van der Waals surface area contributed by atoms with Crippen molar-refractivity contribution in [2.24, 2.45) is 11.7 Å². The first kappa shape index (κ1) is 15.0. The smallest absolute Gasteiger partial charge is 0.122 e. The Morgan fingerprint density at radius 3 is 2.78 bits per heavy atom. The van der Waals surface area contributed by atoms with Gasteiger partial charge >= 0.3 is 0 Å². The van der Waals surface area contributed by atoms with Crippen LogP contribution in [-0.4, -0.2) is 11.6 Å². The van der Waals surface area contributed by atoms with Crippen molar-refractivity contribution in [3.8, 4) is 5.75 Å². The topological polar surface area (TPSA) is 35.2 Å². The number of rotatable bonds is 7. The summed E-state index contributed by atoms with van der Waals surface area (Å²) >= 11 is 4.96. The zero-order valence-electron chi connectivity index (χ0n) is 11.5. The Hall–Kier alpha value is -1.09. The molecule has 0 aliphatic heterocycles. The van der Waals surface area contributed by atoms with Gasteiger partial charge in [-0.05, 0) is 37.3 Å². The van der Waals surface area contributed by atoms with Crippen molar-refractivity contribution >= 4 is 17.2 Å². The lowest BCUT2D eigenvalue weighted by molar-refractivity contribution is 0.312. The number of hydrogen-bond acceptors (Lipinski definition) is 2. The van der Waals surface area contributed by atoms with Gasteiger partial charge in [0.05, 0.1) is 11.6 Å². The lowest BCUT2D eigenvalue weighted by Crippen LogP contribution is -2.14. The standard InChI is InChI=1S/C15H23NOS/c1-4-7-17-14-6-5-11(2)8-13(14)9-12(3)10-15(16)18/h5-6,8,12H,4,7,9-10H2,1-3H3,(H2,16,18). The van der Waals surface area contributed by atoms with Gasteiger partial charge in [-0.3, -0.25) is 0 Å². The molecular formula is C15H23NOS. The zero-order valence-corrected chi connectivity index (χ0v) is 12.3. The molecule has 1 rings (SSSR count). The van der Waals surface area contributed by atoms with E-state index in [0.29, 0.717) is 10.9 Å².